The van der Waals surface area contributed by atoms with Crippen LogP contribution < -0.4 is 0 Å². The van der Waals surface area contributed by atoms with Crippen LogP contribution in [0.4, 0.5) is 0 Å². The van der Waals surface area contributed by atoms with Crippen LogP contribution in [0.2, 0.25) is 0 Å². The van der Waals surface area contributed by atoms with E-state index in [0.29, 0.717) is 19.4 Å². The van der Waals surface area contributed by atoms with Crippen molar-refractivity contribution in [2.75, 3.05) is 19.8 Å². The molecule has 0 aromatic carbocycles. The standard InChI is InChI=1S/C63H108O5/c1-4-7-10-13-16-19-22-25-28-30-32-33-36-38-41-44-47-50-53-56-62(64)67-60-61(68-63(65)57-54-51-48-45-42-39-35-27-24-21-18-15-12-9-6-3)59-66-58-55-52-49-46-43-40-37-34-31-29-26-23-20-17-14-11-8-5-2/h7-8,10-11,16-17,19-20,25-26,28-29,32-33,38,41,61H,4-6,9,12-15,18,21-24,27,30-31,34-37,39-40,42-60H2,1-3H3/b10-7-,11-8-,19-16-,20-17-,28-25-,29-26-,33-32-,41-38-. The summed E-state index contributed by atoms with van der Waals surface area (Å²) in [4.78, 5) is 25.5. The Labute approximate surface area is 422 Å². The Morgan fingerprint density at radius 1 is 0.338 bits per heavy atom. The third-order valence-corrected chi connectivity index (χ3v) is 12.1. The zero-order chi connectivity index (χ0) is 49.2. The third-order valence-electron chi connectivity index (χ3n) is 12.1. The van der Waals surface area contributed by atoms with Crippen LogP contribution in [-0.2, 0) is 23.8 Å². The summed E-state index contributed by atoms with van der Waals surface area (Å²) in [6.45, 7) is 7.58. The van der Waals surface area contributed by atoms with Crippen molar-refractivity contribution < 1.29 is 23.8 Å². The average molecular weight is 946 g/mol. The highest BCUT2D eigenvalue weighted by atomic mass is 16.6. The van der Waals surface area contributed by atoms with E-state index in [1.165, 1.54) is 128 Å². The molecule has 0 saturated heterocycles. The molecule has 1 unspecified atom stereocenters. The molecule has 0 aliphatic heterocycles. The predicted molar refractivity (Wildman–Crippen MR) is 297 cm³/mol. The first kappa shape index (κ1) is 64.8. The molecule has 0 saturated carbocycles. The molecule has 0 fully saturated rings. The molecule has 0 heterocycles. The Kier molecular flexibility index (Phi) is 55.4. The summed E-state index contributed by atoms with van der Waals surface area (Å²) in [5.74, 6) is -0.433. The zero-order valence-electron chi connectivity index (χ0n) is 44.8. The Morgan fingerprint density at radius 2 is 0.662 bits per heavy atom. The van der Waals surface area contributed by atoms with E-state index in [0.717, 1.165) is 103 Å². The van der Waals surface area contributed by atoms with E-state index in [1.807, 2.05) is 0 Å². The van der Waals surface area contributed by atoms with Gasteiger partial charge in [0.25, 0.3) is 0 Å². The molecular formula is C63H108O5. The van der Waals surface area contributed by atoms with Gasteiger partial charge >= 0.3 is 11.9 Å². The largest absolute Gasteiger partial charge is 0.462 e. The van der Waals surface area contributed by atoms with Gasteiger partial charge in [-0.05, 0) is 96.3 Å². The van der Waals surface area contributed by atoms with Gasteiger partial charge in [-0.1, -0.05) is 253 Å². The molecule has 390 valence electrons. The lowest BCUT2D eigenvalue weighted by atomic mass is 10.0. The summed E-state index contributed by atoms with van der Waals surface area (Å²) in [6.07, 6.45) is 78.5. The van der Waals surface area contributed by atoms with E-state index in [4.69, 9.17) is 14.2 Å². The first-order valence-electron chi connectivity index (χ1n) is 28.8. The smallest absolute Gasteiger partial charge is 0.306 e. The molecule has 0 N–H and O–H groups in total. The minimum absolute atomic E-state index is 0.0627. The molecule has 0 spiro atoms. The van der Waals surface area contributed by atoms with Gasteiger partial charge in [0.15, 0.2) is 6.10 Å². The van der Waals surface area contributed by atoms with E-state index in [1.54, 1.807) is 0 Å². The van der Waals surface area contributed by atoms with Gasteiger partial charge in [0.1, 0.15) is 6.61 Å². The molecule has 0 bridgehead atoms. The predicted octanol–water partition coefficient (Wildman–Crippen LogP) is 19.8. The highest BCUT2D eigenvalue weighted by Gasteiger charge is 2.17. The van der Waals surface area contributed by atoms with Crippen molar-refractivity contribution in [2.45, 2.75) is 271 Å². The van der Waals surface area contributed by atoms with Gasteiger partial charge in [0.2, 0.25) is 0 Å². The Hall–Kier alpha value is -3.18. The maximum absolute atomic E-state index is 12.9. The second kappa shape index (κ2) is 58.1. The summed E-state index contributed by atoms with van der Waals surface area (Å²) in [5, 5.41) is 0. The maximum atomic E-state index is 12.9. The number of esters is 2. The average Bonchev–Trinajstić information content (AvgIpc) is 3.34. The van der Waals surface area contributed by atoms with Gasteiger partial charge in [0, 0.05) is 19.4 Å². The zero-order valence-corrected chi connectivity index (χ0v) is 44.8. The van der Waals surface area contributed by atoms with Crippen molar-refractivity contribution in [3.05, 3.63) is 97.2 Å². The van der Waals surface area contributed by atoms with Crippen molar-refractivity contribution in [2.24, 2.45) is 0 Å². The Balaban J connectivity index is 4.34. The van der Waals surface area contributed by atoms with E-state index < -0.39 is 6.10 Å². The maximum Gasteiger partial charge on any atom is 0.306 e. The van der Waals surface area contributed by atoms with Crippen molar-refractivity contribution >= 4 is 11.9 Å². The summed E-state index contributed by atoms with van der Waals surface area (Å²) < 4.78 is 17.5. The second-order valence-electron chi connectivity index (χ2n) is 18.8. The van der Waals surface area contributed by atoms with Crippen LogP contribution in [0.1, 0.15) is 265 Å². The van der Waals surface area contributed by atoms with Crippen molar-refractivity contribution in [1.82, 2.24) is 0 Å². The number of hydrogen-bond acceptors (Lipinski definition) is 5. The second-order valence-corrected chi connectivity index (χ2v) is 18.8. The monoisotopic (exact) mass is 945 g/mol. The number of carbonyl (C=O) groups is 2. The SMILES string of the molecule is CC/C=C\C/C=C\C/C=C\C/C=C\C/C=C\CCCCCC(=O)OCC(COCCCCCCCCCC/C=C\C/C=C\C/C=C\CC)OC(=O)CCCCCCCCCCCCCCCCC. The van der Waals surface area contributed by atoms with Crippen LogP contribution in [0.25, 0.3) is 0 Å². The third kappa shape index (κ3) is 55.4. The van der Waals surface area contributed by atoms with Gasteiger partial charge in [0.05, 0.1) is 6.61 Å². The first-order chi connectivity index (χ1) is 33.6. The molecular weight excluding hydrogens is 837 g/mol. The Bertz CT molecular complexity index is 1300. The van der Waals surface area contributed by atoms with Crippen LogP contribution in [0.15, 0.2) is 97.2 Å². The fourth-order valence-corrected chi connectivity index (χ4v) is 7.90. The van der Waals surface area contributed by atoms with E-state index in [-0.39, 0.29) is 25.2 Å². The summed E-state index contributed by atoms with van der Waals surface area (Å²) in [6, 6.07) is 0. The normalized spacial score (nSPS) is 12.9. The quantitative estimate of drug-likeness (QED) is 0.0345. The van der Waals surface area contributed by atoms with Crippen molar-refractivity contribution in [3.8, 4) is 0 Å². The molecule has 0 amide bonds. The molecule has 0 aliphatic rings. The molecule has 1 atom stereocenters. The van der Waals surface area contributed by atoms with E-state index in [9.17, 15) is 9.59 Å². The van der Waals surface area contributed by atoms with Gasteiger partial charge in [-0.25, -0.2) is 0 Å². The number of hydrogen-bond donors (Lipinski definition) is 0. The van der Waals surface area contributed by atoms with E-state index in [2.05, 4.69) is 118 Å². The number of rotatable bonds is 52. The van der Waals surface area contributed by atoms with Crippen LogP contribution in [-0.4, -0.2) is 37.9 Å². The molecule has 0 aromatic heterocycles. The highest BCUT2D eigenvalue weighted by Crippen LogP contribution is 2.15. The number of ether oxygens (including phenoxy) is 3. The van der Waals surface area contributed by atoms with Crippen LogP contribution in [0.5, 0.6) is 0 Å². The van der Waals surface area contributed by atoms with Crippen LogP contribution in [0.3, 0.4) is 0 Å². The van der Waals surface area contributed by atoms with Crippen LogP contribution in [0, 0.1) is 0 Å². The first-order valence-corrected chi connectivity index (χ1v) is 28.8. The number of carbonyl (C=O) groups excluding carboxylic acids is 2. The van der Waals surface area contributed by atoms with Crippen molar-refractivity contribution in [1.29, 1.82) is 0 Å². The topological polar surface area (TPSA) is 61.8 Å². The molecule has 5 nitrogen and oxygen atoms in total. The lowest BCUT2D eigenvalue weighted by Gasteiger charge is -2.18. The van der Waals surface area contributed by atoms with Gasteiger partial charge in [-0.15, -0.1) is 0 Å². The molecule has 0 aromatic rings. The van der Waals surface area contributed by atoms with Gasteiger partial charge in [-0.2, -0.15) is 0 Å². The van der Waals surface area contributed by atoms with Gasteiger partial charge in [-0.3, -0.25) is 9.59 Å². The van der Waals surface area contributed by atoms with Crippen LogP contribution >= 0.6 is 0 Å². The minimum atomic E-state index is -0.558. The van der Waals surface area contributed by atoms with Crippen molar-refractivity contribution in [3.63, 3.8) is 0 Å². The molecule has 5 heteroatoms. The summed E-state index contributed by atoms with van der Waals surface area (Å²) in [5.41, 5.74) is 0. The molecule has 0 aliphatic carbocycles. The molecule has 0 radical (unpaired) electrons. The molecule has 0 rings (SSSR count). The number of unbranched alkanes of at least 4 members (excludes halogenated alkanes) is 25. The minimum Gasteiger partial charge on any atom is -0.462 e. The highest BCUT2D eigenvalue weighted by molar-refractivity contribution is 5.70. The summed E-state index contributed by atoms with van der Waals surface area (Å²) >= 11 is 0. The summed E-state index contributed by atoms with van der Waals surface area (Å²) in [7, 11) is 0. The number of allylic oxidation sites excluding steroid dienone is 16. The lowest BCUT2D eigenvalue weighted by Crippen LogP contribution is -2.30. The van der Waals surface area contributed by atoms with E-state index >= 15 is 0 Å². The van der Waals surface area contributed by atoms with Gasteiger partial charge < -0.3 is 14.2 Å². The lowest BCUT2D eigenvalue weighted by molar-refractivity contribution is -0.163. The fraction of sp³-hybridized carbons (Fsp3) is 0.714. The Morgan fingerprint density at radius 3 is 1.07 bits per heavy atom. The molecule has 68 heavy (non-hydrogen) atoms. The fourth-order valence-electron chi connectivity index (χ4n) is 7.90.